The number of hydrogen-bond acceptors (Lipinski definition) is 2. The van der Waals surface area contributed by atoms with E-state index in [-0.39, 0.29) is 6.61 Å². The van der Waals surface area contributed by atoms with Crippen LogP contribution in [-0.2, 0) is 6.42 Å². The summed E-state index contributed by atoms with van der Waals surface area (Å²) in [5.74, 6) is 0. The minimum Gasteiger partial charge on any atom is -0.396 e. The Morgan fingerprint density at radius 3 is 2.81 bits per heavy atom. The van der Waals surface area contributed by atoms with Crippen molar-refractivity contribution in [1.29, 1.82) is 0 Å². The zero-order valence-electron chi connectivity index (χ0n) is 9.44. The number of hydrogen-bond donors (Lipinski definition) is 1. The van der Waals surface area contributed by atoms with E-state index < -0.39 is 0 Å². The molecule has 86 valence electrons. The zero-order chi connectivity index (χ0) is 11.7. The molecular formula is C12H15BrN2O. The molecule has 0 aliphatic rings. The van der Waals surface area contributed by atoms with Gasteiger partial charge in [0.05, 0.1) is 5.52 Å². The van der Waals surface area contributed by atoms with Crippen molar-refractivity contribution in [3.05, 3.63) is 28.4 Å². The number of nitrogens with zero attached hydrogens (tertiary/aromatic N) is 2. The van der Waals surface area contributed by atoms with Gasteiger partial charge in [-0.05, 0) is 26.0 Å². The summed E-state index contributed by atoms with van der Waals surface area (Å²) in [6, 6.07) is 6.29. The Balaban J connectivity index is 2.72. The van der Waals surface area contributed by atoms with Crippen LogP contribution in [0.5, 0.6) is 0 Å². The first kappa shape index (κ1) is 11.6. The molecule has 3 nitrogen and oxygen atoms in total. The summed E-state index contributed by atoms with van der Waals surface area (Å²) in [5, 5.41) is 14.8. The average Bonchev–Trinajstić information content (AvgIpc) is 2.59. The predicted molar refractivity (Wildman–Crippen MR) is 68.6 cm³/mol. The van der Waals surface area contributed by atoms with Crippen LogP contribution in [-0.4, -0.2) is 21.5 Å². The number of fused-ring (bicyclic) bond motifs is 1. The largest absolute Gasteiger partial charge is 0.396 e. The molecule has 1 N–H and O–H groups in total. The second-order valence-corrected chi connectivity index (χ2v) is 4.95. The van der Waals surface area contributed by atoms with Gasteiger partial charge in [-0.15, -0.1) is 0 Å². The van der Waals surface area contributed by atoms with E-state index in [1.807, 2.05) is 22.9 Å². The van der Waals surface area contributed by atoms with E-state index in [0.717, 1.165) is 21.1 Å². The fourth-order valence-electron chi connectivity index (χ4n) is 1.95. The Morgan fingerprint density at radius 2 is 2.19 bits per heavy atom. The molecule has 0 fully saturated rings. The highest BCUT2D eigenvalue weighted by molar-refractivity contribution is 9.10. The van der Waals surface area contributed by atoms with Crippen LogP contribution >= 0.6 is 15.9 Å². The molecule has 0 radical (unpaired) electrons. The maximum atomic E-state index is 9.14. The molecule has 0 spiro atoms. The first-order valence-electron chi connectivity index (χ1n) is 5.41. The molecule has 0 aliphatic heterocycles. The third-order valence-corrected chi connectivity index (χ3v) is 3.27. The number of halogens is 1. The van der Waals surface area contributed by atoms with Gasteiger partial charge in [0.2, 0.25) is 0 Å². The van der Waals surface area contributed by atoms with Crippen molar-refractivity contribution in [2.75, 3.05) is 6.61 Å². The molecule has 0 aliphatic carbocycles. The lowest BCUT2D eigenvalue weighted by Crippen LogP contribution is -2.08. The van der Waals surface area contributed by atoms with Crippen LogP contribution in [0, 0.1) is 0 Å². The molecule has 0 unspecified atom stereocenters. The molecule has 2 rings (SSSR count). The summed E-state index contributed by atoms with van der Waals surface area (Å²) in [6.45, 7) is 4.34. The first-order valence-corrected chi connectivity index (χ1v) is 6.21. The number of aromatic nitrogens is 2. The Morgan fingerprint density at radius 1 is 1.44 bits per heavy atom. The Kier molecular flexibility index (Phi) is 3.30. The number of aliphatic hydroxyl groups is 1. The Labute approximate surface area is 103 Å². The molecule has 4 heteroatoms. The van der Waals surface area contributed by atoms with Crippen LogP contribution in [0.4, 0.5) is 0 Å². The molecule has 1 aromatic carbocycles. The van der Waals surface area contributed by atoms with Crippen LogP contribution in [0.25, 0.3) is 10.9 Å². The summed E-state index contributed by atoms with van der Waals surface area (Å²) >= 11 is 3.55. The van der Waals surface area contributed by atoms with E-state index in [1.165, 1.54) is 0 Å². The molecule has 0 atom stereocenters. The van der Waals surface area contributed by atoms with Gasteiger partial charge in [0.1, 0.15) is 0 Å². The van der Waals surface area contributed by atoms with E-state index in [0.29, 0.717) is 12.5 Å². The maximum absolute atomic E-state index is 9.14. The summed E-state index contributed by atoms with van der Waals surface area (Å²) in [5.41, 5.74) is 2.08. The van der Waals surface area contributed by atoms with Gasteiger partial charge in [0.25, 0.3) is 0 Å². The highest BCUT2D eigenvalue weighted by atomic mass is 79.9. The van der Waals surface area contributed by atoms with Crippen molar-refractivity contribution in [2.45, 2.75) is 26.3 Å². The topological polar surface area (TPSA) is 38.0 Å². The third kappa shape index (κ3) is 1.87. The molecule has 0 saturated heterocycles. The quantitative estimate of drug-likeness (QED) is 0.940. The second-order valence-electron chi connectivity index (χ2n) is 4.09. The molecule has 1 aromatic heterocycles. The number of rotatable bonds is 3. The lowest BCUT2D eigenvalue weighted by Gasteiger charge is -2.10. The Bertz CT molecular complexity index is 505. The van der Waals surface area contributed by atoms with Gasteiger partial charge < -0.3 is 5.11 Å². The minimum atomic E-state index is 0.148. The SMILES string of the molecule is CC(C)n1nc2cccc(Br)c2c1CCO. The summed E-state index contributed by atoms with van der Waals surface area (Å²) in [6.07, 6.45) is 0.636. The molecular weight excluding hydrogens is 268 g/mol. The van der Waals surface area contributed by atoms with Gasteiger partial charge in [-0.3, -0.25) is 4.68 Å². The lowest BCUT2D eigenvalue weighted by molar-refractivity contribution is 0.294. The molecule has 0 bridgehead atoms. The first-order chi connectivity index (χ1) is 7.65. The summed E-state index contributed by atoms with van der Waals surface area (Å²) in [7, 11) is 0. The van der Waals surface area contributed by atoms with Crippen LogP contribution < -0.4 is 0 Å². The monoisotopic (exact) mass is 282 g/mol. The third-order valence-electron chi connectivity index (χ3n) is 2.61. The van der Waals surface area contributed by atoms with Gasteiger partial charge >= 0.3 is 0 Å². The van der Waals surface area contributed by atoms with Crippen molar-refractivity contribution >= 4 is 26.8 Å². The second kappa shape index (κ2) is 4.55. The highest BCUT2D eigenvalue weighted by Crippen LogP contribution is 2.28. The van der Waals surface area contributed by atoms with Crippen molar-refractivity contribution in [1.82, 2.24) is 9.78 Å². The van der Waals surface area contributed by atoms with Crippen LogP contribution in [0.2, 0.25) is 0 Å². The van der Waals surface area contributed by atoms with Gasteiger partial charge in [0, 0.05) is 34.6 Å². The van der Waals surface area contributed by atoms with Gasteiger partial charge in [-0.2, -0.15) is 5.10 Å². The van der Waals surface area contributed by atoms with E-state index in [2.05, 4.69) is 34.9 Å². The lowest BCUT2D eigenvalue weighted by atomic mass is 10.1. The normalized spacial score (nSPS) is 11.6. The molecule has 0 amide bonds. The van der Waals surface area contributed by atoms with Gasteiger partial charge in [-0.25, -0.2) is 0 Å². The zero-order valence-corrected chi connectivity index (χ0v) is 11.0. The Hall–Kier alpha value is -0.870. The van der Waals surface area contributed by atoms with Crippen molar-refractivity contribution in [2.24, 2.45) is 0 Å². The smallest absolute Gasteiger partial charge is 0.0937 e. The highest BCUT2D eigenvalue weighted by Gasteiger charge is 2.14. The fraction of sp³-hybridized carbons (Fsp3) is 0.417. The molecule has 1 heterocycles. The maximum Gasteiger partial charge on any atom is 0.0937 e. The fourth-order valence-corrected chi connectivity index (χ4v) is 2.53. The van der Waals surface area contributed by atoms with Crippen LogP contribution in [0.3, 0.4) is 0 Å². The molecule has 0 saturated carbocycles. The van der Waals surface area contributed by atoms with Crippen molar-refractivity contribution in [3.8, 4) is 0 Å². The predicted octanol–water partition coefficient (Wildman–Crippen LogP) is 2.91. The van der Waals surface area contributed by atoms with Gasteiger partial charge in [0.15, 0.2) is 0 Å². The summed E-state index contributed by atoms with van der Waals surface area (Å²) in [4.78, 5) is 0. The van der Waals surface area contributed by atoms with Crippen molar-refractivity contribution < 1.29 is 5.11 Å². The standard InChI is InChI=1S/C12H15BrN2O/c1-8(2)15-11(6-7-16)12-9(13)4-3-5-10(12)14-15/h3-5,8,16H,6-7H2,1-2H3. The van der Waals surface area contributed by atoms with Crippen LogP contribution in [0.15, 0.2) is 22.7 Å². The minimum absolute atomic E-state index is 0.148. The molecule has 16 heavy (non-hydrogen) atoms. The summed E-state index contributed by atoms with van der Waals surface area (Å²) < 4.78 is 3.03. The van der Waals surface area contributed by atoms with E-state index >= 15 is 0 Å². The van der Waals surface area contributed by atoms with Crippen molar-refractivity contribution in [3.63, 3.8) is 0 Å². The number of aliphatic hydroxyl groups excluding tert-OH is 1. The van der Waals surface area contributed by atoms with E-state index in [4.69, 9.17) is 5.11 Å². The van der Waals surface area contributed by atoms with Gasteiger partial charge in [-0.1, -0.05) is 22.0 Å². The number of benzene rings is 1. The van der Waals surface area contributed by atoms with E-state index in [9.17, 15) is 0 Å². The van der Waals surface area contributed by atoms with Crippen LogP contribution in [0.1, 0.15) is 25.6 Å². The van der Waals surface area contributed by atoms with E-state index in [1.54, 1.807) is 0 Å². The average molecular weight is 283 g/mol. The molecule has 2 aromatic rings.